The van der Waals surface area contributed by atoms with Crippen LogP contribution in [0.1, 0.15) is 39.0 Å². The van der Waals surface area contributed by atoms with E-state index >= 15 is 0 Å². The number of carbonyl (C=O) groups is 2. The summed E-state index contributed by atoms with van der Waals surface area (Å²) in [5.41, 5.74) is -0.332. The van der Waals surface area contributed by atoms with Crippen molar-refractivity contribution >= 4 is 34.3 Å². The first-order chi connectivity index (χ1) is 7.58. The molecule has 0 bridgehead atoms. The molecule has 4 heteroatoms. The lowest BCUT2D eigenvalue weighted by Crippen LogP contribution is -2.48. The number of fused-ring (bicyclic) bond motifs is 1. The Morgan fingerprint density at radius 2 is 2.31 bits per heavy atom. The Morgan fingerprint density at radius 1 is 1.56 bits per heavy atom. The summed E-state index contributed by atoms with van der Waals surface area (Å²) in [6.45, 7) is 1.63. The molecule has 3 atom stereocenters. The third kappa shape index (κ3) is 2.00. The second-order valence-corrected chi connectivity index (χ2v) is 5.76. The number of esters is 1. The lowest BCUT2D eigenvalue weighted by atomic mass is 9.68. The van der Waals surface area contributed by atoms with E-state index in [9.17, 15) is 9.59 Å². The molecule has 0 N–H and O–H groups in total. The zero-order valence-corrected chi connectivity index (χ0v) is 11.7. The first-order valence-electron chi connectivity index (χ1n) is 5.85. The molecule has 0 aromatic heterocycles. The normalized spacial score (nSPS) is 38.0. The van der Waals surface area contributed by atoms with E-state index in [1.807, 2.05) is 0 Å². The van der Waals surface area contributed by atoms with Gasteiger partial charge in [-0.2, -0.15) is 0 Å². The average molecular weight is 336 g/mol. The number of halogens is 1. The number of rotatable bonds is 3. The van der Waals surface area contributed by atoms with Crippen molar-refractivity contribution < 1.29 is 14.3 Å². The minimum atomic E-state index is -0.332. The van der Waals surface area contributed by atoms with E-state index in [1.54, 1.807) is 6.92 Å². The van der Waals surface area contributed by atoms with Gasteiger partial charge in [0.05, 0.1) is 6.42 Å². The van der Waals surface area contributed by atoms with Crippen molar-refractivity contribution in [2.75, 3.05) is 4.43 Å². The monoisotopic (exact) mass is 336 g/mol. The molecule has 0 spiro atoms. The Balaban J connectivity index is 2.23. The lowest BCUT2D eigenvalue weighted by Gasteiger charge is -2.42. The summed E-state index contributed by atoms with van der Waals surface area (Å²) in [5, 5.41) is 0. The third-order valence-electron chi connectivity index (χ3n) is 3.95. The highest BCUT2D eigenvalue weighted by Gasteiger charge is 2.54. The van der Waals surface area contributed by atoms with Crippen molar-refractivity contribution in [2.45, 2.75) is 44.6 Å². The Bertz CT molecular complexity index is 315. The fraction of sp³-hybridized carbons (Fsp3) is 0.833. The number of ketones is 1. The highest BCUT2D eigenvalue weighted by molar-refractivity contribution is 14.1. The van der Waals surface area contributed by atoms with Crippen LogP contribution in [0, 0.1) is 11.8 Å². The van der Waals surface area contributed by atoms with Gasteiger partial charge in [0.25, 0.3) is 0 Å². The number of hydrogen-bond donors (Lipinski definition) is 0. The van der Waals surface area contributed by atoms with E-state index in [1.165, 1.54) is 0 Å². The first kappa shape index (κ1) is 12.3. The molecule has 1 saturated heterocycles. The molecule has 0 amide bonds. The predicted octanol–water partition coefficient (Wildman–Crippen LogP) is 2.50. The maximum Gasteiger partial charge on any atom is 0.306 e. The molecule has 16 heavy (non-hydrogen) atoms. The molecule has 2 fully saturated rings. The molecular weight excluding hydrogens is 319 g/mol. The molecule has 0 radical (unpaired) electrons. The van der Waals surface area contributed by atoms with E-state index in [-0.39, 0.29) is 23.3 Å². The Morgan fingerprint density at radius 3 is 2.94 bits per heavy atom. The molecule has 2 rings (SSSR count). The number of alkyl halides is 1. The molecular formula is C12H17IO3. The fourth-order valence-corrected chi connectivity index (χ4v) is 4.60. The van der Waals surface area contributed by atoms with Gasteiger partial charge in [0.2, 0.25) is 0 Å². The largest absolute Gasteiger partial charge is 0.458 e. The lowest BCUT2D eigenvalue weighted by molar-refractivity contribution is -0.155. The summed E-state index contributed by atoms with van der Waals surface area (Å²) in [7, 11) is 0. The van der Waals surface area contributed by atoms with Crippen LogP contribution in [0.25, 0.3) is 0 Å². The van der Waals surface area contributed by atoms with E-state index in [0.29, 0.717) is 18.8 Å². The summed E-state index contributed by atoms with van der Waals surface area (Å²) >= 11 is 2.30. The van der Waals surface area contributed by atoms with Gasteiger partial charge < -0.3 is 9.53 Å². The van der Waals surface area contributed by atoms with Gasteiger partial charge in [0.1, 0.15) is 11.4 Å². The van der Waals surface area contributed by atoms with Gasteiger partial charge in [-0.3, -0.25) is 4.79 Å². The number of ether oxygens (including phenoxy) is 1. The quantitative estimate of drug-likeness (QED) is 0.452. The van der Waals surface area contributed by atoms with Crippen molar-refractivity contribution in [1.29, 1.82) is 0 Å². The molecule has 0 aromatic rings. The SMILES string of the molecule is CC(=O)CC1CCC[C@H]2CC(=O)O[C@@]12CI. The van der Waals surface area contributed by atoms with Gasteiger partial charge in [-0.1, -0.05) is 29.0 Å². The van der Waals surface area contributed by atoms with Crippen molar-refractivity contribution in [2.24, 2.45) is 11.8 Å². The molecule has 90 valence electrons. The van der Waals surface area contributed by atoms with Crippen molar-refractivity contribution in [3.8, 4) is 0 Å². The predicted molar refractivity (Wildman–Crippen MR) is 68.5 cm³/mol. The molecule has 2 aliphatic rings. The number of Topliss-reactive ketones (excluding diaryl/α,β-unsaturated/α-hetero) is 1. The molecule has 1 aliphatic carbocycles. The first-order valence-corrected chi connectivity index (χ1v) is 7.38. The van der Waals surface area contributed by atoms with Crippen molar-refractivity contribution in [3.63, 3.8) is 0 Å². The van der Waals surface area contributed by atoms with E-state index < -0.39 is 0 Å². The van der Waals surface area contributed by atoms with Crippen LogP contribution < -0.4 is 0 Å². The molecule has 0 aromatic carbocycles. The van der Waals surface area contributed by atoms with Crippen LogP contribution >= 0.6 is 22.6 Å². The molecule has 1 unspecified atom stereocenters. The number of carbonyl (C=O) groups excluding carboxylic acids is 2. The van der Waals surface area contributed by atoms with Gasteiger partial charge in [-0.25, -0.2) is 0 Å². The van der Waals surface area contributed by atoms with Gasteiger partial charge in [0, 0.05) is 22.7 Å². The van der Waals surface area contributed by atoms with Crippen molar-refractivity contribution in [3.05, 3.63) is 0 Å². The Labute approximate surface area is 109 Å². The minimum Gasteiger partial charge on any atom is -0.458 e. The van der Waals surface area contributed by atoms with Crippen molar-refractivity contribution in [1.82, 2.24) is 0 Å². The highest BCUT2D eigenvalue weighted by Crippen LogP contribution is 2.49. The van der Waals surface area contributed by atoms with Gasteiger partial charge in [-0.05, 0) is 19.8 Å². The smallest absolute Gasteiger partial charge is 0.306 e. The van der Waals surface area contributed by atoms with E-state index in [4.69, 9.17) is 4.74 Å². The van der Waals surface area contributed by atoms with Crippen LogP contribution in [0.2, 0.25) is 0 Å². The average Bonchev–Trinajstić information content (AvgIpc) is 2.55. The summed E-state index contributed by atoms with van der Waals surface area (Å²) < 4.78 is 6.44. The van der Waals surface area contributed by atoms with Crippen LogP contribution in [0.4, 0.5) is 0 Å². The topological polar surface area (TPSA) is 43.4 Å². The van der Waals surface area contributed by atoms with Crippen LogP contribution in [-0.2, 0) is 14.3 Å². The van der Waals surface area contributed by atoms with Crippen LogP contribution in [-0.4, -0.2) is 21.8 Å². The van der Waals surface area contributed by atoms with Crippen LogP contribution in [0.15, 0.2) is 0 Å². The van der Waals surface area contributed by atoms with Gasteiger partial charge in [-0.15, -0.1) is 0 Å². The summed E-state index contributed by atoms with van der Waals surface area (Å²) in [6, 6.07) is 0. The maximum atomic E-state index is 11.5. The molecule has 3 nitrogen and oxygen atoms in total. The van der Waals surface area contributed by atoms with E-state index in [0.717, 1.165) is 23.7 Å². The maximum absolute atomic E-state index is 11.5. The molecule has 1 heterocycles. The standard InChI is InChI=1S/C12H17IO3/c1-8(14)5-9-3-2-4-10-6-11(15)16-12(9,10)7-13/h9-10H,2-7H2,1H3/t9?,10-,12-/m0/s1. The fourth-order valence-electron chi connectivity index (χ4n) is 3.20. The second kappa shape index (κ2) is 4.63. The minimum absolute atomic E-state index is 0.0721. The third-order valence-corrected chi connectivity index (χ3v) is 5.14. The van der Waals surface area contributed by atoms with Gasteiger partial charge >= 0.3 is 5.97 Å². The van der Waals surface area contributed by atoms with Gasteiger partial charge in [0.15, 0.2) is 0 Å². The second-order valence-electron chi connectivity index (χ2n) is 5.00. The summed E-state index contributed by atoms with van der Waals surface area (Å²) in [4.78, 5) is 22.8. The molecule has 1 aliphatic heterocycles. The van der Waals surface area contributed by atoms with Crippen LogP contribution in [0.3, 0.4) is 0 Å². The Hall–Kier alpha value is -0.130. The molecule has 1 saturated carbocycles. The van der Waals surface area contributed by atoms with Crippen LogP contribution in [0.5, 0.6) is 0 Å². The Kier molecular flexibility index (Phi) is 3.56. The summed E-state index contributed by atoms with van der Waals surface area (Å²) in [5.74, 6) is 0.719. The number of hydrogen-bond acceptors (Lipinski definition) is 3. The summed E-state index contributed by atoms with van der Waals surface area (Å²) in [6.07, 6.45) is 4.33. The highest BCUT2D eigenvalue weighted by atomic mass is 127. The zero-order chi connectivity index (χ0) is 11.8. The van der Waals surface area contributed by atoms with E-state index in [2.05, 4.69) is 22.6 Å². The zero-order valence-electron chi connectivity index (χ0n) is 9.50.